The SMILES string of the molecule is CC(C)CCCC(C)C1CCC2C3C(CO)CC4NC(=O)CC[C@]4(C)C3CCC12C. The Morgan fingerprint density at radius 1 is 1.03 bits per heavy atom. The summed E-state index contributed by atoms with van der Waals surface area (Å²) in [4.78, 5) is 12.1. The first-order chi connectivity index (χ1) is 14.2. The van der Waals surface area contributed by atoms with Gasteiger partial charge in [-0.15, -0.1) is 0 Å². The molecule has 4 aliphatic rings. The molecule has 1 amide bonds. The molecule has 30 heavy (non-hydrogen) atoms. The first kappa shape index (κ1) is 22.6. The number of aliphatic hydroxyl groups excluding tert-OH is 1. The quantitative estimate of drug-likeness (QED) is 0.573. The maximum Gasteiger partial charge on any atom is 0.220 e. The molecule has 3 saturated carbocycles. The van der Waals surface area contributed by atoms with Crippen LogP contribution in [-0.2, 0) is 4.79 Å². The summed E-state index contributed by atoms with van der Waals surface area (Å²) < 4.78 is 0. The van der Waals surface area contributed by atoms with Gasteiger partial charge in [0.1, 0.15) is 0 Å². The number of aliphatic hydroxyl groups is 1. The first-order valence-corrected chi connectivity index (χ1v) is 13.1. The third kappa shape index (κ3) is 3.65. The fourth-order valence-electron chi connectivity index (χ4n) is 9.06. The van der Waals surface area contributed by atoms with E-state index in [0.29, 0.717) is 36.2 Å². The van der Waals surface area contributed by atoms with Crippen molar-refractivity contribution < 1.29 is 9.90 Å². The number of hydrogen-bond donors (Lipinski definition) is 2. The topological polar surface area (TPSA) is 49.3 Å². The lowest BCUT2D eigenvalue weighted by Gasteiger charge is -2.62. The molecule has 172 valence electrons. The maximum absolute atomic E-state index is 12.1. The van der Waals surface area contributed by atoms with E-state index in [1.807, 2.05) is 0 Å². The van der Waals surface area contributed by atoms with Crippen LogP contribution in [0.3, 0.4) is 0 Å². The molecule has 0 spiro atoms. The predicted molar refractivity (Wildman–Crippen MR) is 123 cm³/mol. The zero-order valence-electron chi connectivity index (χ0n) is 20.3. The fourth-order valence-corrected chi connectivity index (χ4v) is 9.06. The molecule has 0 radical (unpaired) electrons. The van der Waals surface area contributed by atoms with Gasteiger partial charge in [0.2, 0.25) is 5.91 Å². The van der Waals surface area contributed by atoms with Crippen LogP contribution in [0, 0.1) is 52.3 Å². The molecule has 9 atom stereocenters. The Hall–Kier alpha value is -0.570. The van der Waals surface area contributed by atoms with Gasteiger partial charge in [-0.05, 0) is 90.8 Å². The number of nitrogens with one attached hydrogen (secondary N) is 1. The number of carbonyl (C=O) groups is 1. The summed E-state index contributed by atoms with van der Waals surface area (Å²) in [6, 6.07) is 0.272. The highest BCUT2D eigenvalue weighted by Gasteiger charge is 2.62. The normalized spacial score (nSPS) is 46.7. The molecule has 3 nitrogen and oxygen atoms in total. The minimum absolute atomic E-state index is 0.226. The molecule has 1 aliphatic heterocycles. The lowest BCUT2D eigenvalue weighted by molar-refractivity contribution is -0.149. The summed E-state index contributed by atoms with van der Waals surface area (Å²) in [5, 5.41) is 13.7. The summed E-state index contributed by atoms with van der Waals surface area (Å²) in [5.41, 5.74) is 0.680. The van der Waals surface area contributed by atoms with Crippen LogP contribution in [0.2, 0.25) is 0 Å². The summed E-state index contributed by atoms with van der Waals surface area (Å²) in [6.07, 6.45) is 12.2. The van der Waals surface area contributed by atoms with Crippen LogP contribution < -0.4 is 5.32 Å². The molecule has 1 heterocycles. The Bertz CT molecular complexity index is 632. The van der Waals surface area contributed by atoms with Gasteiger partial charge in [0.25, 0.3) is 0 Å². The number of hydrogen-bond acceptors (Lipinski definition) is 2. The summed E-state index contributed by atoms with van der Waals surface area (Å²) >= 11 is 0. The molecule has 0 aromatic heterocycles. The minimum atomic E-state index is 0.226. The third-order valence-corrected chi connectivity index (χ3v) is 10.7. The zero-order chi connectivity index (χ0) is 21.7. The number of fused-ring (bicyclic) bond motifs is 5. The Morgan fingerprint density at radius 3 is 2.47 bits per heavy atom. The highest BCUT2D eigenvalue weighted by Crippen LogP contribution is 2.67. The smallest absolute Gasteiger partial charge is 0.220 e. The molecule has 4 rings (SSSR count). The van der Waals surface area contributed by atoms with E-state index in [1.165, 1.54) is 44.9 Å². The van der Waals surface area contributed by atoms with Crippen LogP contribution >= 0.6 is 0 Å². The van der Waals surface area contributed by atoms with Crippen molar-refractivity contribution in [3.05, 3.63) is 0 Å². The van der Waals surface area contributed by atoms with Crippen molar-refractivity contribution in [3.63, 3.8) is 0 Å². The van der Waals surface area contributed by atoms with Gasteiger partial charge in [0.05, 0.1) is 0 Å². The van der Waals surface area contributed by atoms with Crippen LogP contribution in [0.4, 0.5) is 0 Å². The van der Waals surface area contributed by atoms with Crippen LogP contribution in [0.1, 0.15) is 98.8 Å². The average molecular weight is 418 g/mol. The first-order valence-electron chi connectivity index (χ1n) is 13.1. The van der Waals surface area contributed by atoms with Crippen LogP contribution in [-0.4, -0.2) is 23.7 Å². The second-order valence-electron chi connectivity index (χ2n) is 12.6. The van der Waals surface area contributed by atoms with Crippen molar-refractivity contribution in [2.24, 2.45) is 52.3 Å². The fraction of sp³-hybridized carbons (Fsp3) is 0.963. The van der Waals surface area contributed by atoms with Gasteiger partial charge in [0, 0.05) is 19.1 Å². The van der Waals surface area contributed by atoms with Gasteiger partial charge in [-0.2, -0.15) is 0 Å². The monoisotopic (exact) mass is 417 g/mol. The van der Waals surface area contributed by atoms with Crippen LogP contribution in [0.15, 0.2) is 0 Å². The van der Waals surface area contributed by atoms with Crippen molar-refractivity contribution in [1.82, 2.24) is 5.32 Å². The second-order valence-corrected chi connectivity index (χ2v) is 12.6. The van der Waals surface area contributed by atoms with Crippen LogP contribution in [0.25, 0.3) is 0 Å². The minimum Gasteiger partial charge on any atom is -0.396 e. The summed E-state index contributed by atoms with van der Waals surface area (Å²) in [5.74, 6) is 5.17. The van der Waals surface area contributed by atoms with E-state index in [2.05, 4.69) is 39.9 Å². The molecular formula is C27H47NO2. The van der Waals surface area contributed by atoms with Crippen molar-refractivity contribution in [2.75, 3.05) is 6.61 Å². The van der Waals surface area contributed by atoms with E-state index in [-0.39, 0.29) is 17.4 Å². The van der Waals surface area contributed by atoms with Gasteiger partial charge in [-0.3, -0.25) is 4.79 Å². The van der Waals surface area contributed by atoms with Crippen molar-refractivity contribution >= 4 is 5.91 Å². The van der Waals surface area contributed by atoms with E-state index in [4.69, 9.17) is 0 Å². The molecule has 8 unspecified atom stereocenters. The molecule has 0 aromatic carbocycles. The number of piperidine rings is 1. The molecule has 3 aliphatic carbocycles. The third-order valence-electron chi connectivity index (χ3n) is 10.7. The molecule has 2 N–H and O–H groups in total. The van der Waals surface area contributed by atoms with E-state index >= 15 is 0 Å². The van der Waals surface area contributed by atoms with Gasteiger partial charge in [0.15, 0.2) is 0 Å². The standard InChI is InChI=1S/C27H47NO2/c1-17(2)7-6-8-18(3)20-9-10-21-25-19(16-29)15-23-27(5,14-12-24(30)28-23)22(25)11-13-26(20,21)4/h17-23,25,29H,6-16H2,1-5H3,(H,28,30)/t18?,19?,20?,21?,22?,23?,25?,26?,27-/m1/s1. The molecule has 0 bridgehead atoms. The Labute approximate surface area is 185 Å². The zero-order valence-corrected chi connectivity index (χ0v) is 20.3. The maximum atomic E-state index is 12.1. The largest absolute Gasteiger partial charge is 0.396 e. The van der Waals surface area contributed by atoms with E-state index in [9.17, 15) is 9.90 Å². The number of carbonyl (C=O) groups excluding carboxylic acids is 1. The van der Waals surface area contributed by atoms with Gasteiger partial charge in [-0.25, -0.2) is 0 Å². The van der Waals surface area contributed by atoms with Gasteiger partial charge in [-0.1, -0.05) is 53.9 Å². The van der Waals surface area contributed by atoms with Crippen LogP contribution in [0.5, 0.6) is 0 Å². The van der Waals surface area contributed by atoms with E-state index < -0.39 is 0 Å². The van der Waals surface area contributed by atoms with Crippen molar-refractivity contribution in [2.45, 2.75) is 105 Å². The average Bonchev–Trinajstić information content (AvgIpc) is 3.05. The Morgan fingerprint density at radius 2 is 1.77 bits per heavy atom. The number of rotatable bonds is 6. The highest BCUT2D eigenvalue weighted by molar-refractivity contribution is 5.77. The summed E-state index contributed by atoms with van der Waals surface area (Å²) in [7, 11) is 0. The Balaban J connectivity index is 1.54. The van der Waals surface area contributed by atoms with Gasteiger partial charge < -0.3 is 10.4 Å². The Kier molecular flexibility index (Phi) is 6.34. The van der Waals surface area contributed by atoms with Gasteiger partial charge >= 0.3 is 0 Å². The second kappa shape index (κ2) is 8.41. The molecule has 3 heteroatoms. The lowest BCUT2D eigenvalue weighted by atomic mass is 9.44. The molecule has 1 saturated heterocycles. The van der Waals surface area contributed by atoms with Crippen molar-refractivity contribution in [1.29, 1.82) is 0 Å². The molecule has 0 aromatic rings. The number of amides is 1. The lowest BCUT2D eigenvalue weighted by Crippen LogP contribution is -2.63. The summed E-state index contributed by atoms with van der Waals surface area (Å²) in [6.45, 7) is 12.6. The molecular weight excluding hydrogens is 370 g/mol. The van der Waals surface area contributed by atoms with E-state index in [0.717, 1.165) is 36.5 Å². The van der Waals surface area contributed by atoms with Crippen molar-refractivity contribution in [3.8, 4) is 0 Å². The highest BCUT2D eigenvalue weighted by atomic mass is 16.3. The predicted octanol–water partition coefficient (Wildman–Crippen LogP) is 5.80. The van der Waals surface area contributed by atoms with E-state index in [1.54, 1.807) is 0 Å². The molecule has 4 fully saturated rings.